The Morgan fingerprint density at radius 3 is 2.81 bits per heavy atom. The molecule has 138 valence electrons. The van der Waals surface area contributed by atoms with Crippen molar-refractivity contribution in [3.63, 3.8) is 0 Å². The number of nitrogens with zero attached hydrogens (tertiary/aromatic N) is 3. The van der Waals surface area contributed by atoms with Crippen LogP contribution in [0, 0.1) is 0 Å². The first-order valence-corrected chi connectivity index (χ1v) is 8.32. The average Bonchev–Trinajstić information content (AvgIpc) is 3.13. The minimum absolute atomic E-state index is 0.282. The van der Waals surface area contributed by atoms with Crippen LogP contribution >= 0.6 is 0 Å². The zero-order chi connectivity index (χ0) is 19.1. The fourth-order valence-corrected chi connectivity index (χ4v) is 2.46. The van der Waals surface area contributed by atoms with Gasteiger partial charge in [0.1, 0.15) is 11.5 Å². The first-order valence-electron chi connectivity index (χ1n) is 8.32. The van der Waals surface area contributed by atoms with E-state index in [2.05, 4.69) is 15.4 Å². The monoisotopic (exact) mass is 364 g/mol. The van der Waals surface area contributed by atoms with Gasteiger partial charge in [-0.1, -0.05) is 6.07 Å². The summed E-state index contributed by atoms with van der Waals surface area (Å²) in [6, 6.07) is 12.8. The largest absolute Gasteiger partial charge is 0.497 e. The highest BCUT2D eigenvalue weighted by Crippen LogP contribution is 2.25. The van der Waals surface area contributed by atoms with Crippen LogP contribution in [0.2, 0.25) is 0 Å². The molecule has 0 aliphatic rings. The van der Waals surface area contributed by atoms with Crippen molar-refractivity contribution in [1.29, 1.82) is 0 Å². The molecule has 27 heavy (non-hydrogen) atoms. The van der Waals surface area contributed by atoms with Crippen LogP contribution in [-0.4, -0.2) is 34.9 Å². The molecule has 0 bridgehead atoms. The van der Waals surface area contributed by atoms with Crippen molar-refractivity contribution in [2.24, 2.45) is 0 Å². The number of nitrogens with one attached hydrogen (secondary N) is 1. The molecule has 3 aromatic rings. The van der Waals surface area contributed by atoms with Crippen LogP contribution in [0.3, 0.4) is 0 Å². The fourth-order valence-electron chi connectivity index (χ4n) is 2.46. The number of ether oxygens (including phenoxy) is 2. The number of hydrogen-bond acceptors (Lipinski definition) is 5. The van der Waals surface area contributed by atoms with E-state index < -0.39 is 0 Å². The Labute approximate surface area is 157 Å². The first kappa shape index (κ1) is 18.2. The van der Waals surface area contributed by atoms with Crippen molar-refractivity contribution in [1.82, 2.24) is 14.8 Å². The molecule has 0 saturated heterocycles. The molecular formula is C20H20N4O3. The van der Waals surface area contributed by atoms with E-state index in [4.69, 9.17) is 9.47 Å². The molecule has 1 N–H and O–H groups in total. The summed E-state index contributed by atoms with van der Waals surface area (Å²) in [5.41, 5.74) is 1.67. The van der Waals surface area contributed by atoms with Crippen LogP contribution in [0.4, 0.5) is 5.82 Å². The molecule has 7 nitrogen and oxygen atoms in total. The molecule has 0 saturated carbocycles. The van der Waals surface area contributed by atoms with Gasteiger partial charge in [-0.25, -0.2) is 0 Å². The highest BCUT2D eigenvalue weighted by Gasteiger charge is 2.05. The van der Waals surface area contributed by atoms with Crippen molar-refractivity contribution in [3.8, 4) is 11.5 Å². The Morgan fingerprint density at radius 1 is 1.19 bits per heavy atom. The van der Waals surface area contributed by atoms with Gasteiger partial charge in [0.2, 0.25) is 5.91 Å². The van der Waals surface area contributed by atoms with E-state index >= 15 is 0 Å². The number of methoxy groups -OCH3 is 2. The van der Waals surface area contributed by atoms with Gasteiger partial charge in [-0.2, -0.15) is 5.10 Å². The van der Waals surface area contributed by atoms with Gasteiger partial charge in [-0.15, -0.1) is 0 Å². The summed E-state index contributed by atoms with van der Waals surface area (Å²) >= 11 is 0. The van der Waals surface area contributed by atoms with Crippen molar-refractivity contribution < 1.29 is 14.3 Å². The molecule has 0 unspecified atom stereocenters. The highest BCUT2D eigenvalue weighted by atomic mass is 16.5. The van der Waals surface area contributed by atoms with E-state index in [0.717, 1.165) is 11.3 Å². The summed E-state index contributed by atoms with van der Waals surface area (Å²) in [7, 11) is 3.16. The summed E-state index contributed by atoms with van der Waals surface area (Å²) < 4.78 is 12.2. The second-order valence-corrected chi connectivity index (χ2v) is 5.65. The molecule has 2 heterocycles. The van der Waals surface area contributed by atoms with Crippen LogP contribution in [0.25, 0.3) is 6.08 Å². The number of anilines is 1. The molecule has 0 spiro atoms. The molecule has 0 radical (unpaired) electrons. The SMILES string of the molecule is COc1ccc(/C=C/C(=O)Nc2ccn(Cc3ccccn3)n2)c(OC)c1. The number of hydrogen-bond donors (Lipinski definition) is 1. The van der Waals surface area contributed by atoms with Gasteiger partial charge in [0.25, 0.3) is 0 Å². The Bertz CT molecular complexity index is 935. The van der Waals surface area contributed by atoms with Gasteiger partial charge in [-0.3, -0.25) is 14.5 Å². The summed E-state index contributed by atoms with van der Waals surface area (Å²) in [5.74, 6) is 1.50. The number of aromatic nitrogens is 3. The molecule has 0 fully saturated rings. The maximum absolute atomic E-state index is 12.2. The van der Waals surface area contributed by atoms with Crippen LogP contribution in [0.5, 0.6) is 11.5 Å². The van der Waals surface area contributed by atoms with Crippen molar-refractivity contribution in [2.75, 3.05) is 19.5 Å². The molecule has 0 aliphatic carbocycles. The normalized spacial score (nSPS) is 10.7. The maximum Gasteiger partial charge on any atom is 0.249 e. The van der Waals surface area contributed by atoms with Crippen LogP contribution in [0.15, 0.2) is 60.9 Å². The predicted molar refractivity (Wildman–Crippen MR) is 103 cm³/mol. The van der Waals surface area contributed by atoms with Gasteiger partial charge >= 0.3 is 0 Å². The first-order chi connectivity index (χ1) is 13.2. The smallest absolute Gasteiger partial charge is 0.249 e. The second kappa shape index (κ2) is 8.66. The van der Waals surface area contributed by atoms with E-state index in [1.807, 2.05) is 24.3 Å². The van der Waals surface area contributed by atoms with Crippen molar-refractivity contribution in [2.45, 2.75) is 6.54 Å². The lowest BCUT2D eigenvalue weighted by atomic mass is 10.1. The minimum Gasteiger partial charge on any atom is -0.497 e. The summed E-state index contributed by atoms with van der Waals surface area (Å²) in [6.45, 7) is 0.537. The van der Waals surface area contributed by atoms with Gasteiger partial charge in [-0.05, 0) is 30.3 Å². The third-order valence-electron chi connectivity index (χ3n) is 3.80. The van der Waals surface area contributed by atoms with E-state index in [1.54, 1.807) is 55.6 Å². The molecular weight excluding hydrogens is 344 g/mol. The quantitative estimate of drug-likeness (QED) is 0.652. The lowest BCUT2D eigenvalue weighted by Crippen LogP contribution is -2.09. The highest BCUT2D eigenvalue weighted by molar-refractivity contribution is 6.01. The lowest BCUT2D eigenvalue weighted by molar-refractivity contribution is -0.111. The summed E-state index contributed by atoms with van der Waals surface area (Å²) in [4.78, 5) is 16.4. The Morgan fingerprint density at radius 2 is 2.07 bits per heavy atom. The van der Waals surface area contributed by atoms with E-state index in [9.17, 15) is 4.79 Å². The zero-order valence-corrected chi connectivity index (χ0v) is 15.1. The topological polar surface area (TPSA) is 78.3 Å². The number of pyridine rings is 1. The number of amides is 1. The fraction of sp³-hybridized carbons (Fsp3) is 0.150. The Balaban J connectivity index is 1.62. The maximum atomic E-state index is 12.2. The molecule has 3 rings (SSSR count). The van der Waals surface area contributed by atoms with Crippen molar-refractivity contribution in [3.05, 3.63) is 72.2 Å². The van der Waals surface area contributed by atoms with Gasteiger partial charge < -0.3 is 14.8 Å². The summed E-state index contributed by atoms with van der Waals surface area (Å²) in [6.07, 6.45) is 6.64. The Kier molecular flexibility index (Phi) is 5.84. The lowest BCUT2D eigenvalue weighted by Gasteiger charge is -2.07. The number of carbonyl (C=O) groups excluding carboxylic acids is 1. The van der Waals surface area contributed by atoms with E-state index in [0.29, 0.717) is 23.9 Å². The number of rotatable bonds is 7. The third-order valence-corrected chi connectivity index (χ3v) is 3.80. The molecule has 7 heteroatoms. The Hall–Kier alpha value is -3.61. The molecule has 0 atom stereocenters. The van der Waals surface area contributed by atoms with Crippen LogP contribution in [0.1, 0.15) is 11.3 Å². The zero-order valence-electron chi connectivity index (χ0n) is 15.1. The second-order valence-electron chi connectivity index (χ2n) is 5.65. The van der Waals surface area contributed by atoms with Gasteiger partial charge in [0.15, 0.2) is 5.82 Å². The molecule has 1 amide bonds. The predicted octanol–water partition coefficient (Wildman–Crippen LogP) is 3.00. The van der Waals surface area contributed by atoms with Crippen LogP contribution in [-0.2, 0) is 11.3 Å². The number of benzene rings is 1. The average molecular weight is 364 g/mol. The van der Waals surface area contributed by atoms with E-state index in [1.165, 1.54) is 6.08 Å². The van der Waals surface area contributed by atoms with Gasteiger partial charge in [0.05, 0.1) is 26.5 Å². The molecule has 2 aromatic heterocycles. The van der Waals surface area contributed by atoms with Crippen molar-refractivity contribution >= 4 is 17.8 Å². The molecule has 0 aliphatic heterocycles. The number of carbonyl (C=O) groups is 1. The molecule has 1 aromatic carbocycles. The minimum atomic E-state index is -0.282. The summed E-state index contributed by atoms with van der Waals surface area (Å²) in [5, 5.41) is 7.06. The van der Waals surface area contributed by atoms with Crippen LogP contribution < -0.4 is 14.8 Å². The van der Waals surface area contributed by atoms with Gasteiger partial charge in [0, 0.05) is 36.2 Å². The standard InChI is InChI=1S/C20H20N4O3/c1-26-17-8-6-15(18(13-17)27-2)7-9-20(25)22-19-10-12-24(23-19)14-16-5-3-4-11-21-16/h3-13H,14H2,1-2H3,(H,22,23,25)/b9-7+. The van der Waals surface area contributed by atoms with E-state index in [-0.39, 0.29) is 5.91 Å². The third kappa shape index (κ3) is 4.94.